The van der Waals surface area contributed by atoms with E-state index in [0.29, 0.717) is 0 Å². The van der Waals surface area contributed by atoms with E-state index in [2.05, 4.69) is 0 Å². The second kappa shape index (κ2) is 2.61. The van der Waals surface area contributed by atoms with Gasteiger partial charge in [0.1, 0.15) is 0 Å². The minimum absolute atomic E-state index is 0.145. The van der Waals surface area contributed by atoms with Gasteiger partial charge in [-0.1, -0.05) is 13.8 Å². The van der Waals surface area contributed by atoms with Crippen molar-refractivity contribution in [2.24, 2.45) is 5.92 Å². The van der Waals surface area contributed by atoms with Crippen molar-refractivity contribution < 1.29 is 14.0 Å². The van der Waals surface area contributed by atoms with Gasteiger partial charge in [0, 0.05) is 4.11 Å². The van der Waals surface area contributed by atoms with Crippen molar-refractivity contribution in [2.75, 3.05) is 0 Å². The van der Waals surface area contributed by atoms with Gasteiger partial charge in [0.2, 0.25) is 0 Å². The highest BCUT2D eigenvalue weighted by Gasteiger charge is 2.05. The van der Waals surface area contributed by atoms with E-state index < -0.39 is 18.7 Å². The smallest absolute Gasteiger partial charge is 0.306 e. The van der Waals surface area contributed by atoms with Crippen LogP contribution < -0.4 is 0 Å². The summed E-state index contributed by atoms with van der Waals surface area (Å²) in [7, 11) is 0. The zero-order valence-corrected chi connectivity index (χ0v) is 4.14. The van der Waals surface area contributed by atoms with E-state index in [9.17, 15) is 4.79 Å². The van der Waals surface area contributed by atoms with Crippen LogP contribution >= 0.6 is 0 Å². The number of hydrogen-bond donors (Lipinski definition) is 1. The summed E-state index contributed by atoms with van der Waals surface area (Å²) in [6.07, 6.45) is 0.145. The summed E-state index contributed by atoms with van der Waals surface area (Å²) in [5.74, 6) is -2.46. The van der Waals surface area contributed by atoms with Crippen LogP contribution in [0.4, 0.5) is 0 Å². The Balaban J connectivity index is 4.22. The van der Waals surface area contributed by atoms with Gasteiger partial charge in [-0.05, 0) is 6.42 Å². The van der Waals surface area contributed by atoms with Crippen molar-refractivity contribution in [3.05, 3.63) is 0 Å². The molecule has 2 heteroatoms. The zero-order chi connectivity index (χ0) is 8.36. The zero-order valence-electron chi connectivity index (χ0n) is 7.14. The Hall–Kier alpha value is -0.530. The molecule has 1 unspecified atom stereocenters. The van der Waals surface area contributed by atoms with E-state index in [0.717, 1.165) is 0 Å². The molecule has 0 bridgehead atoms. The Morgan fingerprint density at radius 2 is 2.71 bits per heavy atom. The molecule has 0 aromatic heterocycles. The molecule has 0 saturated carbocycles. The highest BCUT2D eigenvalue weighted by Crippen LogP contribution is 1.97. The first-order chi connectivity index (χ1) is 4.39. The van der Waals surface area contributed by atoms with Crippen molar-refractivity contribution in [1.29, 1.82) is 0 Å². The van der Waals surface area contributed by atoms with Crippen LogP contribution in [-0.2, 0) is 4.79 Å². The molecule has 1 N–H and O–H groups in total. The molecule has 0 rings (SSSR count). The third kappa shape index (κ3) is 2.20. The summed E-state index contributed by atoms with van der Waals surface area (Å²) in [5.41, 5.74) is 0. The van der Waals surface area contributed by atoms with Crippen LogP contribution in [0, 0.1) is 5.92 Å². The van der Waals surface area contributed by atoms with Gasteiger partial charge in [-0.15, -0.1) is 0 Å². The van der Waals surface area contributed by atoms with E-state index in [4.69, 9.17) is 9.22 Å². The van der Waals surface area contributed by atoms with Crippen molar-refractivity contribution >= 4 is 5.97 Å². The fourth-order valence-electron chi connectivity index (χ4n) is 0.175. The molecule has 0 spiro atoms. The van der Waals surface area contributed by atoms with Crippen molar-refractivity contribution in [3.63, 3.8) is 0 Å². The molecule has 0 aromatic carbocycles. The van der Waals surface area contributed by atoms with Gasteiger partial charge in [-0.3, -0.25) is 4.79 Å². The van der Waals surface area contributed by atoms with Crippen LogP contribution in [0.15, 0.2) is 0 Å². The molecule has 0 aliphatic rings. The number of hydrogen-bond acceptors (Lipinski definition) is 1. The largest absolute Gasteiger partial charge is 0.481 e. The molecule has 0 aliphatic carbocycles. The number of rotatable bonds is 2. The highest BCUT2D eigenvalue weighted by molar-refractivity contribution is 5.69. The molecule has 2 nitrogen and oxygen atoms in total. The van der Waals surface area contributed by atoms with Gasteiger partial charge >= 0.3 is 5.97 Å². The first kappa shape index (κ1) is 2.70. The minimum Gasteiger partial charge on any atom is -0.481 e. The summed E-state index contributed by atoms with van der Waals surface area (Å²) in [5, 5.41) is 8.35. The first-order valence-electron chi connectivity index (χ1n) is 3.62. The summed E-state index contributed by atoms with van der Waals surface area (Å²) in [6, 6.07) is 0. The predicted molar refractivity (Wildman–Crippen MR) is 27.1 cm³/mol. The van der Waals surface area contributed by atoms with E-state index in [1.54, 1.807) is 6.92 Å². The molecule has 0 aliphatic heterocycles. The molecule has 0 fully saturated rings. The number of carboxylic acids is 1. The molecule has 0 radical (unpaired) electrons. The van der Waals surface area contributed by atoms with Gasteiger partial charge in [-0.25, -0.2) is 0 Å². The van der Waals surface area contributed by atoms with E-state index in [-0.39, 0.29) is 6.42 Å². The Bertz CT molecular complexity index is 129. The van der Waals surface area contributed by atoms with Crippen LogP contribution in [-0.4, -0.2) is 11.1 Å². The van der Waals surface area contributed by atoms with Crippen LogP contribution in [0.25, 0.3) is 0 Å². The molecule has 42 valence electrons. The standard InChI is InChI=1S/C5H10O2/c1-3-4(2)5(6)7/h4H,3H2,1-2H3,(H,6,7)/i2D3. The second-order valence-corrected chi connectivity index (χ2v) is 1.30. The lowest BCUT2D eigenvalue weighted by atomic mass is 10.1. The lowest BCUT2D eigenvalue weighted by Gasteiger charge is -1.96. The average molecular weight is 105 g/mol. The molecule has 0 aromatic rings. The first-order valence-corrected chi connectivity index (χ1v) is 2.12. The molecular formula is C5H10O2. The number of carbonyl (C=O) groups is 1. The molecule has 7 heavy (non-hydrogen) atoms. The van der Waals surface area contributed by atoms with Crippen LogP contribution in [0.3, 0.4) is 0 Å². The molecular weight excluding hydrogens is 92.1 g/mol. The predicted octanol–water partition coefficient (Wildman–Crippen LogP) is 1.12. The molecule has 1 atom stereocenters. The molecule has 0 amide bonds. The fraction of sp³-hybridized carbons (Fsp3) is 0.800. The Morgan fingerprint density at radius 3 is 2.71 bits per heavy atom. The average Bonchev–Trinajstić information content (AvgIpc) is 1.60. The number of carboxylic acid groups (broad SMARTS) is 1. The Morgan fingerprint density at radius 1 is 2.14 bits per heavy atom. The second-order valence-electron chi connectivity index (χ2n) is 1.30. The van der Waals surface area contributed by atoms with Crippen molar-refractivity contribution in [2.45, 2.75) is 20.2 Å². The quantitative estimate of drug-likeness (QED) is 0.571. The third-order valence-electron chi connectivity index (χ3n) is 0.706. The number of aliphatic carboxylic acids is 1. The topological polar surface area (TPSA) is 37.3 Å². The van der Waals surface area contributed by atoms with E-state index in [1.165, 1.54) is 0 Å². The summed E-state index contributed by atoms with van der Waals surface area (Å²) >= 11 is 0. The maximum Gasteiger partial charge on any atom is 0.306 e. The van der Waals surface area contributed by atoms with Crippen LogP contribution in [0.2, 0.25) is 0 Å². The molecule has 0 saturated heterocycles. The highest BCUT2D eigenvalue weighted by atomic mass is 16.4. The van der Waals surface area contributed by atoms with Gasteiger partial charge in [0.15, 0.2) is 0 Å². The van der Waals surface area contributed by atoms with Gasteiger partial charge in [-0.2, -0.15) is 0 Å². The Labute approximate surface area is 47.4 Å². The fourth-order valence-corrected chi connectivity index (χ4v) is 0.175. The monoisotopic (exact) mass is 105 g/mol. The van der Waals surface area contributed by atoms with Crippen LogP contribution in [0.1, 0.15) is 24.3 Å². The van der Waals surface area contributed by atoms with Crippen molar-refractivity contribution in [1.82, 2.24) is 0 Å². The summed E-state index contributed by atoms with van der Waals surface area (Å²) in [4.78, 5) is 10.2. The maximum absolute atomic E-state index is 10.2. The normalized spacial score (nSPS) is 21.6. The third-order valence-corrected chi connectivity index (χ3v) is 0.706. The molecule has 0 heterocycles. The van der Waals surface area contributed by atoms with Gasteiger partial charge in [0.25, 0.3) is 0 Å². The van der Waals surface area contributed by atoms with Crippen molar-refractivity contribution in [3.8, 4) is 0 Å². The van der Waals surface area contributed by atoms with Crippen LogP contribution in [0.5, 0.6) is 0 Å². The SMILES string of the molecule is [2H]C([2H])([2H])C(CC)C(=O)O. The van der Waals surface area contributed by atoms with Gasteiger partial charge < -0.3 is 5.11 Å². The lowest BCUT2D eigenvalue weighted by Crippen LogP contribution is -2.06. The lowest BCUT2D eigenvalue weighted by molar-refractivity contribution is -0.141. The minimum atomic E-state index is -2.36. The van der Waals surface area contributed by atoms with E-state index in [1.807, 2.05) is 0 Å². The van der Waals surface area contributed by atoms with Gasteiger partial charge in [0.05, 0.1) is 5.92 Å². The van der Waals surface area contributed by atoms with E-state index >= 15 is 0 Å². The summed E-state index contributed by atoms with van der Waals surface area (Å²) in [6.45, 7) is -0.814. The maximum atomic E-state index is 10.2. The Kier molecular flexibility index (Phi) is 1.01. The summed E-state index contributed by atoms with van der Waals surface area (Å²) < 4.78 is 20.3.